The lowest BCUT2D eigenvalue weighted by Gasteiger charge is -2.33. The normalized spacial score (nSPS) is 20.7. The summed E-state index contributed by atoms with van der Waals surface area (Å²) >= 11 is 0. The maximum Gasteiger partial charge on any atom is 0.323 e. The van der Waals surface area contributed by atoms with Crippen molar-refractivity contribution < 1.29 is 28.9 Å². The van der Waals surface area contributed by atoms with E-state index in [-0.39, 0.29) is 24.6 Å². The number of hydrogen-bond donors (Lipinski definition) is 1. The van der Waals surface area contributed by atoms with Crippen LogP contribution in [0.15, 0.2) is 24.3 Å². The summed E-state index contributed by atoms with van der Waals surface area (Å²) < 4.78 is 16.5. The van der Waals surface area contributed by atoms with Crippen molar-refractivity contribution >= 4 is 11.9 Å². The minimum absolute atomic E-state index is 0.109. The van der Waals surface area contributed by atoms with Crippen LogP contribution in [0.25, 0.3) is 0 Å². The molecule has 7 heteroatoms. The zero-order chi connectivity index (χ0) is 18.4. The van der Waals surface area contributed by atoms with Crippen LogP contribution in [0, 0.1) is 0 Å². The van der Waals surface area contributed by atoms with Gasteiger partial charge < -0.3 is 24.2 Å². The van der Waals surface area contributed by atoms with Crippen molar-refractivity contribution in [3.05, 3.63) is 29.8 Å². The standard InChI is InChI=1S/C19H25NO6/c21-18(22)12-20(15-7-10-24-11-8-15)19(23)14-3-5-16(6-4-14)26-13-17-2-1-9-25-17/h3-6,15,17H,1-2,7-13H2,(H,21,22)/t17-/m1/s1. The third kappa shape index (κ3) is 4.95. The van der Waals surface area contributed by atoms with Crippen molar-refractivity contribution in [2.45, 2.75) is 37.8 Å². The molecule has 3 rings (SSSR count). The van der Waals surface area contributed by atoms with E-state index >= 15 is 0 Å². The second kappa shape index (κ2) is 9.00. The molecule has 2 fully saturated rings. The second-order valence-electron chi connectivity index (χ2n) is 6.64. The minimum atomic E-state index is -1.01. The van der Waals surface area contributed by atoms with Crippen molar-refractivity contribution in [3.8, 4) is 5.75 Å². The Morgan fingerprint density at radius 3 is 2.46 bits per heavy atom. The highest BCUT2D eigenvalue weighted by atomic mass is 16.5. The van der Waals surface area contributed by atoms with Crippen molar-refractivity contribution in [3.63, 3.8) is 0 Å². The topological polar surface area (TPSA) is 85.3 Å². The van der Waals surface area contributed by atoms with Gasteiger partial charge >= 0.3 is 5.97 Å². The summed E-state index contributed by atoms with van der Waals surface area (Å²) in [6, 6.07) is 6.74. The maximum atomic E-state index is 12.8. The van der Waals surface area contributed by atoms with Crippen LogP contribution in [0.3, 0.4) is 0 Å². The number of carbonyl (C=O) groups is 2. The molecule has 26 heavy (non-hydrogen) atoms. The number of amides is 1. The molecule has 1 aromatic rings. The van der Waals surface area contributed by atoms with Crippen LogP contribution in [-0.2, 0) is 14.3 Å². The van der Waals surface area contributed by atoms with E-state index in [1.54, 1.807) is 24.3 Å². The lowest BCUT2D eigenvalue weighted by molar-refractivity contribution is -0.138. The van der Waals surface area contributed by atoms with Gasteiger partial charge in [0.15, 0.2) is 0 Å². The Hall–Kier alpha value is -2.12. The highest BCUT2D eigenvalue weighted by Gasteiger charge is 2.28. The molecule has 0 unspecified atom stereocenters. The number of ether oxygens (including phenoxy) is 3. The van der Waals surface area contributed by atoms with Crippen molar-refractivity contribution in [1.82, 2.24) is 4.90 Å². The Bertz CT molecular complexity index is 605. The summed E-state index contributed by atoms with van der Waals surface area (Å²) in [5, 5.41) is 9.17. The van der Waals surface area contributed by atoms with Gasteiger partial charge in [0.1, 0.15) is 18.9 Å². The molecule has 7 nitrogen and oxygen atoms in total. The molecule has 1 aromatic carbocycles. The fraction of sp³-hybridized carbons (Fsp3) is 0.579. The number of rotatable bonds is 7. The van der Waals surface area contributed by atoms with Gasteiger partial charge in [-0.05, 0) is 49.9 Å². The Morgan fingerprint density at radius 2 is 1.85 bits per heavy atom. The number of hydrogen-bond acceptors (Lipinski definition) is 5. The summed E-state index contributed by atoms with van der Waals surface area (Å²) in [6.07, 6.45) is 3.51. The number of benzene rings is 1. The lowest BCUT2D eigenvalue weighted by Crippen LogP contribution is -2.46. The van der Waals surface area contributed by atoms with Crippen LogP contribution < -0.4 is 4.74 Å². The third-order valence-corrected chi connectivity index (χ3v) is 4.76. The van der Waals surface area contributed by atoms with Gasteiger partial charge in [0.2, 0.25) is 0 Å². The summed E-state index contributed by atoms with van der Waals surface area (Å²) in [5.74, 6) is -0.612. The molecule has 1 amide bonds. The summed E-state index contributed by atoms with van der Waals surface area (Å²) in [5.41, 5.74) is 0.460. The Kier molecular flexibility index (Phi) is 6.46. The first-order chi connectivity index (χ1) is 12.6. The van der Waals surface area contributed by atoms with Gasteiger partial charge in [0, 0.05) is 31.4 Å². The van der Waals surface area contributed by atoms with E-state index in [9.17, 15) is 14.7 Å². The lowest BCUT2D eigenvalue weighted by atomic mass is 10.1. The van der Waals surface area contributed by atoms with Gasteiger partial charge in [0.25, 0.3) is 5.91 Å². The number of aliphatic carboxylic acids is 1. The van der Waals surface area contributed by atoms with Crippen LogP contribution in [0.5, 0.6) is 5.75 Å². The van der Waals surface area contributed by atoms with E-state index in [1.165, 1.54) is 4.90 Å². The predicted molar refractivity (Wildman–Crippen MR) is 93.4 cm³/mol. The molecule has 0 radical (unpaired) electrons. The zero-order valence-corrected chi connectivity index (χ0v) is 14.8. The first kappa shape index (κ1) is 18.7. The molecule has 0 spiro atoms. The summed E-state index contributed by atoms with van der Waals surface area (Å²) in [4.78, 5) is 25.5. The predicted octanol–water partition coefficient (Wildman–Crippen LogP) is 1.95. The van der Waals surface area contributed by atoms with Gasteiger partial charge in [-0.1, -0.05) is 0 Å². The molecule has 0 saturated carbocycles. The van der Waals surface area contributed by atoms with E-state index in [1.807, 2.05) is 0 Å². The van der Waals surface area contributed by atoms with Crippen molar-refractivity contribution in [2.75, 3.05) is 33.0 Å². The average Bonchev–Trinajstić information content (AvgIpc) is 3.18. The average molecular weight is 363 g/mol. The van der Waals surface area contributed by atoms with Gasteiger partial charge in [-0.25, -0.2) is 0 Å². The maximum absolute atomic E-state index is 12.8. The molecule has 0 bridgehead atoms. The van der Waals surface area contributed by atoms with Crippen LogP contribution in [0.1, 0.15) is 36.0 Å². The first-order valence-corrected chi connectivity index (χ1v) is 9.08. The van der Waals surface area contributed by atoms with E-state index in [0.29, 0.717) is 44.0 Å². The van der Waals surface area contributed by atoms with Crippen LogP contribution in [0.4, 0.5) is 0 Å². The number of carboxylic acids is 1. The highest BCUT2D eigenvalue weighted by molar-refractivity contribution is 5.96. The molecule has 0 aromatic heterocycles. The zero-order valence-electron chi connectivity index (χ0n) is 14.8. The van der Waals surface area contributed by atoms with Crippen LogP contribution >= 0.6 is 0 Å². The van der Waals surface area contributed by atoms with Crippen molar-refractivity contribution in [2.24, 2.45) is 0 Å². The number of nitrogens with zero attached hydrogens (tertiary/aromatic N) is 1. The third-order valence-electron chi connectivity index (χ3n) is 4.76. The molecule has 2 saturated heterocycles. The fourth-order valence-corrected chi connectivity index (χ4v) is 3.33. The Morgan fingerprint density at radius 1 is 1.12 bits per heavy atom. The molecular weight excluding hydrogens is 338 g/mol. The highest BCUT2D eigenvalue weighted by Crippen LogP contribution is 2.20. The Balaban J connectivity index is 1.62. The first-order valence-electron chi connectivity index (χ1n) is 9.08. The number of carboxylic acid groups (broad SMARTS) is 1. The fourth-order valence-electron chi connectivity index (χ4n) is 3.33. The largest absolute Gasteiger partial charge is 0.491 e. The molecule has 1 atom stereocenters. The summed E-state index contributed by atoms with van der Waals surface area (Å²) in [6.45, 7) is 2.07. The van der Waals surface area contributed by atoms with Crippen molar-refractivity contribution in [1.29, 1.82) is 0 Å². The van der Waals surface area contributed by atoms with E-state index < -0.39 is 5.97 Å². The molecule has 1 N–H and O–H groups in total. The molecule has 2 aliphatic rings. The summed E-state index contributed by atoms with van der Waals surface area (Å²) in [7, 11) is 0. The van der Waals surface area contributed by atoms with E-state index in [0.717, 1.165) is 19.4 Å². The van der Waals surface area contributed by atoms with Crippen LogP contribution in [0.2, 0.25) is 0 Å². The van der Waals surface area contributed by atoms with Gasteiger partial charge in [0.05, 0.1) is 6.10 Å². The van der Waals surface area contributed by atoms with Crippen LogP contribution in [-0.4, -0.2) is 67.0 Å². The molecule has 2 heterocycles. The molecule has 142 valence electrons. The smallest absolute Gasteiger partial charge is 0.323 e. The monoisotopic (exact) mass is 363 g/mol. The van der Waals surface area contributed by atoms with Gasteiger partial charge in [-0.15, -0.1) is 0 Å². The SMILES string of the molecule is O=C(O)CN(C(=O)c1ccc(OC[C@H]2CCCO2)cc1)C1CCOCC1. The Labute approximate surface area is 152 Å². The van der Waals surface area contributed by atoms with Gasteiger partial charge in [-0.3, -0.25) is 9.59 Å². The number of carbonyl (C=O) groups excluding carboxylic acids is 1. The second-order valence-corrected chi connectivity index (χ2v) is 6.64. The molecular formula is C19H25NO6. The van der Waals surface area contributed by atoms with E-state index in [2.05, 4.69) is 0 Å². The molecule has 2 aliphatic heterocycles. The van der Waals surface area contributed by atoms with E-state index in [4.69, 9.17) is 14.2 Å². The molecule has 0 aliphatic carbocycles. The minimum Gasteiger partial charge on any atom is -0.491 e. The van der Waals surface area contributed by atoms with Gasteiger partial charge in [-0.2, -0.15) is 0 Å². The quantitative estimate of drug-likeness (QED) is 0.797.